The molecule has 0 spiro atoms. The first-order chi connectivity index (χ1) is 14.0. The van der Waals surface area contributed by atoms with Crippen LogP contribution in [-0.2, 0) is 6.42 Å². The van der Waals surface area contributed by atoms with E-state index in [2.05, 4.69) is 9.88 Å². The summed E-state index contributed by atoms with van der Waals surface area (Å²) in [4.78, 5) is 19.7. The van der Waals surface area contributed by atoms with Gasteiger partial charge in [0, 0.05) is 24.0 Å². The summed E-state index contributed by atoms with van der Waals surface area (Å²) in [6.07, 6.45) is 3.63. The van der Waals surface area contributed by atoms with Crippen molar-refractivity contribution in [2.75, 3.05) is 19.6 Å². The maximum Gasteiger partial charge on any atom is 0.261 e. The second-order valence-electron chi connectivity index (χ2n) is 7.84. The quantitative estimate of drug-likeness (QED) is 0.721. The highest BCUT2D eigenvalue weighted by molar-refractivity contribution is 5.40. The summed E-state index contributed by atoms with van der Waals surface area (Å²) in [5.74, 6) is -0.114. The van der Waals surface area contributed by atoms with Crippen LogP contribution in [0.4, 0.5) is 4.39 Å². The SMILES string of the molecule is Cc1nc2ccccn2c(=O)c1CCN1CCC([C@H](O)c2ccc(F)cc2)CC1. The second-order valence-corrected chi connectivity index (χ2v) is 7.84. The summed E-state index contributed by atoms with van der Waals surface area (Å²) >= 11 is 0. The van der Waals surface area contributed by atoms with Crippen LogP contribution in [0.1, 0.15) is 35.8 Å². The number of piperidine rings is 1. The fraction of sp³-hybridized carbons (Fsp3) is 0.391. The van der Waals surface area contributed by atoms with Crippen LogP contribution in [0.3, 0.4) is 0 Å². The third kappa shape index (κ3) is 4.23. The van der Waals surface area contributed by atoms with Crippen LogP contribution in [0, 0.1) is 18.7 Å². The van der Waals surface area contributed by atoms with Crippen molar-refractivity contribution in [1.29, 1.82) is 0 Å². The summed E-state index contributed by atoms with van der Waals surface area (Å²) in [6.45, 7) is 4.46. The van der Waals surface area contributed by atoms with Crippen molar-refractivity contribution in [1.82, 2.24) is 14.3 Å². The molecule has 0 saturated carbocycles. The number of pyridine rings is 1. The molecule has 1 aliphatic rings. The van der Waals surface area contributed by atoms with Crippen molar-refractivity contribution >= 4 is 5.65 Å². The third-order valence-corrected chi connectivity index (χ3v) is 6.00. The summed E-state index contributed by atoms with van der Waals surface area (Å²) in [7, 11) is 0. The zero-order valence-electron chi connectivity index (χ0n) is 16.6. The number of benzene rings is 1. The molecule has 1 aromatic carbocycles. The van der Waals surface area contributed by atoms with E-state index < -0.39 is 6.10 Å². The Morgan fingerprint density at radius 1 is 1.17 bits per heavy atom. The van der Waals surface area contributed by atoms with E-state index in [9.17, 15) is 14.3 Å². The van der Waals surface area contributed by atoms with E-state index in [0.717, 1.165) is 49.3 Å². The van der Waals surface area contributed by atoms with Gasteiger partial charge in [0.05, 0.1) is 6.10 Å². The Labute approximate surface area is 169 Å². The van der Waals surface area contributed by atoms with Crippen molar-refractivity contribution in [2.45, 2.75) is 32.3 Å². The monoisotopic (exact) mass is 395 g/mol. The van der Waals surface area contributed by atoms with Gasteiger partial charge in [-0.2, -0.15) is 0 Å². The average Bonchev–Trinajstić information content (AvgIpc) is 2.74. The van der Waals surface area contributed by atoms with E-state index in [0.29, 0.717) is 12.1 Å². The minimum Gasteiger partial charge on any atom is -0.388 e. The van der Waals surface area contributed by atoms with E-state index >= 15 is 0 Å². The molecule has 0 unspecified atom stereocenters. The van der Waals surface area contributed by atoms with Crippen molar-refractivity contribution in [3.63, 3.8) is 0 Å². The molecule has 1 N–H and O–H groups in total. The molecule has 3 aromatic rings. The van der Waals surface area contributed by atoms with E-state index in [4.69, 9.17) is 0 Å². The van der Waals surface area contributed by atoms with E-state index in [1.807, 2.05) is 25.1 Å². The van der Waals surface area contributed by atoms with E-state index in [1.54, 1.807) is 22.7 Å². The maximum atomic E-state index is 13.1. The van der Waals surface area contributed by atoms with Crippen molar-refractivity contribution in [3.05, 3.63) is 81.7 Å². The number of aryl methyl sites for hydroxylation is 1. The lowest BCUT2D eigenvalue weighted by molar-refractivity contribution is 0.0591. The molecule has 0 radical (unpaired) electrons. The molecule has 6 heteroatoms. The largest absolute Gasteiger partial charge is 0.388 e. The predicted octanol–water partition coefficient (Wildman–Crippen LogP) is 3.13. The van der Waals surface area contributed by atoms with Gasteiger partial charge in [0.1, 0.15) is 11.5 Å². The normalized spacial score (nSPS) is 16.9. The number of fused-ring (bicyclic) bond motifs is 1. The second kappa shape index (κ2) is 8.43. The van der Waals surface area contributed by atoms with Gasteiger partial charge in [-0.3, -0.25) is 9.20 Å². The highest BCUT2D eigenvalue weighted by atomic mass is 19.1. The number of rotatable bonds is 5. The zero-order chi connectivity index (χ0) is 20.4. The molecule has 1 atom stereocenters. The number of halogens is 1. The number of likely N-dealkylation sites (tertiary alicyclic amines) is 1. The van der Waals surface area contributed by atoms with Gasteiger partial charge < -0.3 is 10.0 Å². The molecule has 5 nitrogen and oxygen atoms in total. The molecule has 1 saturated heterocycles. The molecule has 0 amide bonds. The number of aromatic nitrogens is 2. The lowest BCUT2D eigenvalue weighted by Crippen LogP contribution is -2.37. The molecule has 1 fully saturated rings. The van der Waals surface area contributed by atoms with Gasteiger partial charge >= 0.3 is 0 Å². The number of nitrogens with zero attached hydrogens (tertiary/aromatic N) is 3. The molecule has 152 valence electrons. The van der Waals surface area contributed by atoms with Gasteiger partial charge in [-0.05, 0) is 75.0 Å². The Bertz CT molecular complexity index is 1040. The van der Waals surface area contributed by atoms with Crippen LogP contribution >= 0.6 is 0 Å². The molecular formula is C23H26FN3O2. The Morgan fingerprint density at radius 3 is 2.62 bits per heavy atom. The predicted molar refractivity (Wildman–Crippen MR) is 110 cm³/mol. The van der Waals surface area contributed by atoms with Crippen LogP contribution in [0.2, 0.25) is 0 Å². The smallest absolute Gasteiger partial charge is 0.261 e. The first kappa shape index (κ1) is 19.7. The van der Waals surface area contributed by atoms with Gasteiger partial charge in [0.2, 0.25) is 0 Å². The molecule has 0 aliphatic carbocycles. The van der Waals surface area contributed by atoms with Crippen LogP contribution in [0.15, 0.2) is 53.5 Å². The van der Waals surface area contributed by atoms with Crippen LogP contribution in [0.25, 0.3) is 5.65 Å². The molecule has 4 rings (SSSR count). The Kier molecular flexibility index (Phi) is 5.74. The Balaban J connectivity index is 1.36. The highest BCUT2D eigenvalue weighted by Gasteiger charge is 2.26. The molecule has 0 bridgehead atoms. The molecule has 2 aromatic heterocycles. The van der Waals surface area contributed by atoms with Crippen LogP contribution in [0.5, 0.6) is 0 Å². The first-order valence-corrected chi connectivity index (χ1v) is 10.2. The fourth-order valence-corrected chi connectivity index (χ4v) is 4.22. The number of aliphatic hydroxyl groups excluding tert-OH is 1. The van der Waals surface area contributed by atoms with E-state index in [1.165, 1.54) is 12.1 Å². The molecule has 3 heterocycles. The summed E-state index contributed by atoms with van der Waals surface area (Å²) in [5.41, 5.74) is 3.02. The van der Waals surface area contributed by atoms with Crippen LogP contribution in [-0.4, -0.2) is 39.0 Å². The number of aliphatic hydroxyl groups is 1. The van der Waals surface area contributed by atoms with Gasteiger partial charge in [-0.1, -0.05) is 18.2 Å². The van der Waals surface area contributed by atoms with Gasteiger partial charge in [-0.25, -0.2) is 9.37 Å². The minimum atomic E-state index is -0.561. The van der Waals surface area contributed by atoms with Crippen molar-refractivity contribution < 1.29 is 9.50 Å². The molecule has 29 heavy (non-hydrogen) atoms. The lowest BCUT2D eigenvalue weighted by atomic mass is 9.87. The average molecular weight is 395 g/mol. The molecular weight excluding hydrogens is 369 g/mol. The Hall–Kier alpha value is -2.57. The third-order valence-electron chi connectivity index (χ3n) is 6.00. The lowest BCUT2D eigenvalue weighted by Gasteiger charge is -2.34. The van der Waals surface area contributed by atoms with Crippen molar-refractivity contribution in [3.8, 4) is 0 Å². The number of hydrogen-bond acceptors (Lipinski definition) is 4. The summed E-state index contributed by atoms with van der Waals surface area (Å²) in [6, 6.07) is 11.7. The molecule has 1 aliphatic heterocycles. The van der Waals surface area contributed by atoms with Crippen LogP contribution < -0.4 is 5.56 Å². The number of hydrogen-bond donors (Lipinski definition) is 1. The van der Waals surface area contributed by atoms with Gasteiger partial charge in [-0.15, -0.1) is 0 Å². The van der Waals surface area contributed by atoms with Crippen molar-refractivity contribution in [2.24, 2.45) is 5.92 Å². The summed E-state index contributed by atoms with van der Waals surface area (Å²) in [5, 5.41) is 10.6. The van der Waals surface area contributed by atoms with Gasteiger partial charge in [0.25, 0.3) is 5.56 Å². The minimum absolute atomic E-state index is 0.00900. The summed E-state index contributed by atoms with van der Waals surface area (Å²) < 4.78 is 14.7. The van der Waals surface area contributed by atoms with E-state index in [-0.39, 0.29) is 17.3 Å². The standard InChI is InChI=1S/C23H26FN3O2/c1-16-20(23(29)27-12-3-2-4-21(27)25-16)11-15-26-13-9-18(10-14-26)22(28)17-5-7-19(24)8-6-17/h2-8,12,18,22,28H,9-11,13-15H2,1H3/t22-/m1/s1. The zero-order valence-corrected chi connectivity index (χ0v) is 16.6. The topological polar surface area (TPSA) is 57.8 Å². The van der Waals surface area contributed by atoms with Gasteiger partial charge in [0.15, 0.2) is 0 Å². The Morgan fingerprint density at radius 2 is 1.90 bits per heavy atom. The fourth-order valence-electron chi connectivity index (χ4n) is 4.22. The first-order valence-electron chi connectivity index (χ1n) is 10.2. The highest BCUT2D eigenvalue weighted by Crippen LogP contribution is 2.30. The maximum absolute atomic E-state index is 13.1.